The van der Waals surface area contributed by atoms with E-state index in [1.54, 1.807) is 11.0 Å². The zero-order valence-corrected chi connectivity index (χ0v) is 16.6. The van der Waals surface area contributed by atoms with Gasteiger partial charge in [-0.3, -0.25) is 14.5 Å². The Morgan fingerprint density at radius 3 is 2.46 bits per heavy atom. The summed E-state index contributed by atoms with van der Waals surface area (Å²) in [7, 11) is -3.63. The molecular formula is C18H29N3O4S. The molecule has 3 saturated heterocycles. The van der Waals surface area contributed by atoms with Crippen LogP contribution in [0.1, 0.15) is 33.1 Å². The summed E-state index contributed by atoms with van der Waals surface area (Å²) >= 11 is 0. The molecule has 3 aliphatic heterocycles. The zero-order valence-electron chi connectivity index (χ0n) is 15.8. The third-order valence-electron chi connectivity index (χ3n) is 5.77. The molecule has 3 rings (SSSR count). The van der Waals surface area contributed by atoms with Crippen molar-refractivity contribution in [3.63, 3.8) is 0 Å². The van der Waals surface area contributed by atoms with Gasteiger partial charge in [0.25, 0.3) is 0 Å². The lowest BCUT2D eigenvalue weighted by Gasteiger charge is -2.28. The van der Waals surface area contributed by atoms with E-state index in [1.165, 1.54) is 12.8 Å². The van der Waals surface area contributed by atoms with Crippen molar-refractivity contribution in [3.8, 4) is 0 Å². The molecule has 0 radical (unpaired) electrons. The number of likely N-dealkylation sites (tertiary alicyclic amines) is 2. The molecule has 0 N–H and O–H groups in total. The summed E-state index contributed by atoms with van der Waals surface area (Å²) in [5, 5.41) is 0. The van der Waals surface area contributed by atoms with Crippen molar-refractivity contribution in [3.05, 3.63) is 12.2 Å². The van der Waals surface area contributed by atoms with Crippen LogP contribution in [0.3, 0.4) is 0 Å². The Labute approximate surface area is 156 Å². The summed E-state index contributed by atoms with van der Waals surface area (Å²) in [4.78, 5) is 29.5. The highest BCUT2D eigenvalue weighted by atomic mass is 32.2. The Hall–Kier alpha value is -1.41. The van der Waals surface area contributed by atoms with E-state index in [0.29, 0.717) is 13.0 Å². The molecule has 0 spiro atoms. The highest BCUT2D eigenvalue weighted by molar-refractivity contribution is 7.88. The molecule has 3 heterocycles. The quantitative estimate of drug-likeness (QED) is 0.653. The lowest BCUT2D eigenvalue weighted by Crippen LogP contribution is -2.43. The molecule has 0 aromatic carbocycles. The van der Waals surface area contributed by atoms with Gasteiger partial charge in [-0.15, -0.1) is 0 Å². The monoisotopic (exact) mass is 383 g/mol. The van der Waals surface area contributed by atoms with Gasteiger partial charge >= 0.3 is 0 Å². The molecule has 2 amide bonds. The van der Waals surface area contributed by atoms with Crippen molar-refractivity contribution in [2.24, 2.45) is 11.8 Å². The van der Waals surface area contributed by atoms with Crippen molar-refractivity contribution in [1.29, 1.82) is 0 Å². The molecule has 0 aliphatic carbocycles. The topological polar surface area (TPSA) is 78.0 Å². The first-order chi connectivity index (χ1) is 12.2. The van der Waals surface area contributed by atoms with Crippen LogP contribution in [0.25, 0.3) is 0 Å². The van der Waals surface area contributed by atoms with E-state index in [1.807, 2.05) is 19.9 Å². The molecule has 0 bridgehead atoms. The van der Waals surface area contributed by atoms with Crippen LogP contribution >= 0.6 is 0 Å². The molecule has 3 aliphatic rings. The summed E-state index contributed by atoms with van der Waals surface area (Å²) in [6.07, 6.45) is 7.47. The number of hydrogen-bond acceptors (Lipinski definition) is 5. The predicted molar refractivity (Wildman–Crippen MR) is 98.7 cm³/mol. The molecule has 0 aromatic rings. The van der Waals surface area contributed by atoms with Gasteiger partial charge in [0.05, 0.1) is 24.3 Å². The molecule has 0 saturated carbocycles. The second-order valence-corrected chi connectivity index (χ2v) is 9.81. The van der Waals surface area contributed by atoms with E-state index < -0.39 is 22.0 Å². The lowest BCUT2D eigenvalue weighted by molar-refractivity contribution is -0.131. The number of sulfonamides is 1. The maximum absolute atomic E-state index is 12.7. The Morgan fingerprint density at radius 1 is 1.23 bits per heavy atom. The molecule has 8 heteroatoms. The van der Waals surface area contributed by atoms with E-state index in [2.05, 4.69) is 4.90 Å². The largest absolute Gasteiger partial charge is 0.333 e. The minimum Gasteiger partial charge on any atom is -0.333 e. The van der Waals surface area contributed by atoms with Gasteiger partial charge in [-0.1, -0.05) is 19.9 Å². The van der Waals surface area contributed by atoms with E-state index >= 15 is 0 Å². The van der Waals surface area contributed by atoms with Crippen molar-refractivity contribution in [2.45, 2.75) is 45.2 Å². The van der Waals surface area contributed by atoms with Crippen LogP contribution in [0, 0.1) is 11.8 Å². The van der Waals surface area contributed by atoms with E-state index in [0.717, 1.165) is 30.2 Å². The predicted octanol–water partition coefficient (Wildman–Crippen LogP) is 0.682. The average Bonchev–Trinajstić information content (AvgIpc) is 3.21. The third kappa shape index (κ3) is 3.53. The summed E-state index contributed by atoms with van der Waals surface area (Å²) in [6, 6.07) is -0.790. The van der Waals surface area contributed by atoms with Crippen molar-refractivity contribution < 1.29 is 18.0 Å². The van der Waals surface area contributed by atoms with Crippen LogP contribution in [0.2, 0.25) is 0 Å². The van der Waals surface area contributed by atoms with Crippen molar-refractivity contribution >= 4 is 21.8 Å². The summed E-state index contributed by atoms with van der Waals surface area (Å²) in [5.74, 6) is -0.974. The molecule has 0 aromatic heterocycles. The smallest absolute Gasteiger partial charge is 0.246 e. The minimum absolute atomic E-state index is 0.0243. The van der Waals surface area contributed by atoms with Crippen LogP contribution in [-0.4, -0.2) is 78.9 Å². The van der Waals surface area contributed by atoms with Gasteiger partial charge in [-0.2, -0.15) is 0 Å². The fourth-order valence-corrected chi connectivity index (χ4v) is 5.82. The van der Waals surface area contributed by atoms with Crippen molar-refractivity contribution in [1.82, 2.24) is 14.1 Å². The average molecular weight is 384 g/mol. The Bertz CT molecular complexity index is 697. The van der Waals surface area contributed by atoms with Crippen LogP contribution in [0.5, 0.6) is 0 Å². The Kier molecular flexibility index (Phi) is 5.44. The molecule has 7 nitrogen and oxygen atoms in total. The molecule has 3 fully saturated rings. The molecular weight excluding hydrogens is 354 g/mol. The highest BCUT2D eigenvalue weighted by Gasteiger charge is 2.58. The van der Waals surface area contributed by atoms with Crippen LogP contribution in [0.15, 0.2) is 12.2 Å². The zero-order chi connectivity index (χ0) is 19.1. The molecule has 0 unspecified atom stereocenters. The lowest BCUT2D eigenvalue weighted by atomic mass is 9.88. The first kappa shape index (κ1) is 19.4. The minimum atomic E-state index is -3.63. The summed E-state index contributed by atoms with van der Waals surface area (Å²) < 4.78 is 25.3. The van der Waals surface area contributed by atoms with E-state index in [-0.39, 0.29) is 23.8 Å². The van der Waals surface area contributed by atoms with E-state index in [9.17, 15) is 18.0 Å². The maximum Gasteiger partial charge on any atom is 0.246 e. The van der Waals surface area contributed by atoms with Gasteiger partial charge in [-0.05, 0) is 38.3 Å². The molecule has 146 valence electrons. The number of amides is 2. The summed E-state index contributed by atoms with van der Waals surface area (Å²) in [6.45, 7) is 7.21. The van der Waals surface area contributed by atoms with Gasteiger partial charge in [0, 0.05) is 19.2 Å². The number of rotatable bonds is 5. The second-order valence-electron chi connectivity index (χ2n) is 7.96. The van der Waals surface area contributed by atoms with E-state index in [4.69, 9.17) is 0 Å². The van der Waals surface area contributed by atoms with Gasteiger partial charge in [-0.25, -0.2) is 12.7 Å². The molecule has 26 heavy (non-hydrogen) atoms. The Balaban J connectivity index is 1.76. The fourth-order valence-electron chi connectivity index (χ4n) is 4.65. The number of fused-ring (bicyclic) bond motifs is 1. The van der Waals surface area contributed by atoms with Crippen LogP contribution in [-0.2, 0) is 19.6 Å². The van der Waals surface area contributed by atoms with Gasteiger partial charge in [0.15, 0.2) is 0 Å². The van der Waals surface area contributed by atoms with Crippen LogP contribution < -0.4 is 0 Å². The van der Waals surface area contributed by atoms with Gasteiger partial charge in [0.1, 0.15) is 0 Å². The van der Waals surface area contributed by atoms with Crippen molar-refractivity contribution in [2.75, 3.05) is 32.4 Å². The normalized spacial score (nSPS) is 30.2. The third-order valence-corrected chi connectivity index (χ3v) is 6.94. The first-order valence-electron chi connectivity index (χ1n) is 9.44. The van der Waals surface area contributed by atoms with Gasteiger partial charge < -0.3 is 4.90 Å². The van der Waals surface area contributed by atoms with Gasteiger partial charge in [0.2, 0.25) is 21.8 Å². The molecule has 3 atom stereocenters. The Morgan fingerprint density at radius 2 is 1.88 bits per heavy atom. The second kappa shape index (κ2) is 7.31. The SMILES string of the molecule is CC(C)[C@H]1C(=O)N(S(C)(=O)=O)[C@H]2CCN(C(=O)C=CCN3CCCC3)[C@H]12. The number of nitrogens with zero attached hydrogens (tertiary/aromatic N) is 3. The number of carbonyl (C=O) groups excluding carboxylic acids is 2. The number of carbonyl (C=O) groups is 2. The fraction of sp³-hybridized carbons (Fsp3) is 0.778. The standard InChI is InChI=1S/C18H29N3O4S/c1-13(2)16-17-14(21(18(16)23)26(3,24)25)8-12-20(17)15(22)7-6-11-19-9-4-5-10-19/h6-7,13-14,16-17H,4-5,8-12H2,1-3H3/t14-,16+,17-/m0/s1. The highest BCUT2D eigenvalue weighted by Crippen LogP contribution is 2.41. The summed E-state index contributed by atoms with van der Waals surface area (Å²) in [5.41, 5.74) is 0. The first-order valence-corrected chi connectivity index (χ1v) is 11.3. The van der Waals surface area contributed by atoms with Crippen LogP contribution in [0.4, 0.5) is 0 Å². The number of hydrogen-bond donors (Lipinski definition) is 0. The maximum atomic E-state index is 12.7.